The van der Waals surface area contributed by atoms with E-state index in [1.807, 2.05) is 0 Å². The molecule has 4 nitrogen and oxygen atoms in total. The molecule has 0 amide bonds. The first-order valence-electron chi connectivity index (χ1n) is 5.20. The molecular weight excluding hydrogens is 236 g/mol. The van der Waals surface area contributed by atoms with Crippen LogP contribution < -0.4 is 0 Å². The topological polar surface area (TPSA) is 51.0 Å². The van der Waals surface area contributed by atoms with Gasteiger partial charge in [-0.15, -0.1) is 9.63 Å². The van der Waals surface area contributed by atoms with Crippen LogP contribution in [0.15, 0.2) is 33.9 Å². The molecule has 1 rings (SSSR count). The second-order valence-corrected chi connectivity index (χ2v) is 5.99. The summed E-state index contributed by atoms with van der Waals surface area (Å²) in [7, 11) is 1.36. The number of carbonyl (C=O) groups excluding carboxylic acids is 1. The van der Waals surface area contributed by atoms with Gasteiger partial charge in [0.25, 0.3) is 0 Å². The quantitative estimate of drug-likeness (QED) is 0.464. The zero-order chi connectivity index (χ0) is 12.9. The Morgan fingerprint density at radius 3 is 2.29 bits per heavy atom. The first-order valence-corrected chi connectivity index (χ1v) is 5.97. The van der Waals surface area contributed by atoms with Gasteiger partial charge in [0.15, 0.2) is 0 Å². The van der Waals surface area contributed by atoms with E-state index in [1.54, 1.807) is 24.3 Å². The number of benzene rings is 1. The molecule has 92 valence electrons. The number of hydrogen-bond acceptors (Lipinski definition) is 5. The van der Waals surface area contributed by atoms with E-state index >= 15 is 0 Å². The fourth-order valence-electron chi connectivity index (χ4n) is 0.972. The molecule has 0 N–H and O–H groups in total. The van der Waals surface area contributed by atoms with Gasteiger partial charge in [0, 0.05) is 16.7 Å². The van der Waals surface area contributed by atoms with Crippen LogP contribution in [0, 0.1) is 0 Å². The van der Waals surface area contributed by atoms with Crippen LogP contribution in [0.25, 0.3) is 0 Å². The van der Waals surface area contributed by atoms with Gasteiger partial charge in [0.2, 0.25) is 0 Å². The van der Waals surface area contributed by atoms with E-state index < -0.39 is 0 Å². The first kappa shape index (κ1) is 13.7. The molecule has 1 aromatic carbocycles. The van der Waals surface area contributed by atoms with Gasteiger partial charge in [-0.2, -0.15) is 0 Å². The molecular formula is C12H16N2O2S. The fraction of sp³-hybridized carbons (Fsp3) is 0.417. The maximum Gasteiger partial charge on any atom is 0.337 e. The van der Waals surface area contributed by atoms with Crippen molar-refractivity contribution in [3.8, 4) is 0 Å². The van der Waals surface area contributed by atoms with Crippen LogP contribution in [0.2, 0.25) is 0 Å². The fourth-order valence-corrected chi connectivity index (χ4v) is 1.35. The Morgan fingerprint density at radius 2 is 1.82 bits per heavy atom. The number of methoxy groups -OCH3 is 1. The number of esters is 1. The van der Waals surface area contributed by atoms with Crippen molar-refractivity contribution in [2.75, 3.05) is 7.11 Å². The Morgan fingerprint density at radius 1 is 1.24 bits per heavy atom. The highest BCUT2D eigenvalue weighted by molar-refractivity contribution is 7.99. The minimum absolute atomic E-state index is 0.0510. The standard InChI is InChI=1S/C12H16N2O2S/c1-12(2,3)17-14-13-10-7-5-9(6-8-10)11(15)16-4/h5-8H,1-4H3. The molecule has 0 aromatic heterocycles. The monoisotopic (exact) mass is 252 g/mol. The molecule has 0 fully saturated rings. The van der Waals surface area contributed by atoms with Gasteiger partial charge < -0.3 is 4.74 Å². The number of nitrogens with zero attached hydrogens (tertiary/aromatic N) is 2. The lowest BCUT2D eigenvalue weighted by molar-refractivity contribution is 0.0601. The van der Waals surface area contributed by atoms with Gasteiger partial charge in [0.05, 0.1) is 18.4 Å². The minimum Gasteiger partial charge on any atom is -0.465 e. The number of hydrogen-bond donors (Lipinski definition) is 0. The highest BCUT2D eigenvalue weighted by atomic mass is 32.2. The second-order valence-electron chi connectivity index (χ2n) is 4.42. The van der Waals surface area contributed by atoms with Crippen molar-refractivity contribution in [2.45, 2.75) is 25.5 Å². The van der Waals surface area contributed by atoms with Crippen LogP contribution in [0.5, 0.6) is 0 Å². The van der Waals surface area contributed by atoms with E-state index in [4.69, 9.17) is 0 Å². The summed E-state index contributed by atoms with van der Waals surface area (Å²) in [6.45, 7) is 6.20. The normalized spacial score (nSPS) is 11.8. The lowest BCUT2D eigenvalue weighted by Gasteiger charge is -2.10. The highest BCUT2D eigenvalue weighted by Crippen LogP contribution is 2.26. The molecule has 0 atom stereocenters. The van der Waals surface area contributed by atoms with Gasteiger partial charge in [-0.3, -0.25) is 0 Å². The molecule has 0 aliphatic heterocycles. The van der Waals surface area contributed by atoms with E-state index in [0.29, 0.717) is 5.56 Å². The van der Waals surface area contributed by atoms with Crippen LogP contribution >= 0.6 is 11.9 Å². The average Bonchev–Trinajstić information content (AvgIpc) is 2.27. The number of rotatable bonds is 3. The van der Waals surface area contributed by atoms with Gasteiger partial charge >= 0.3 is 5.97 Å². The Labute approximate surface area is 106 Å². The van der Waals surface area contributed by atoms with E-state index in [2.05, 4.69) is 35.1 Å². The van der Waals surface area contributed by atoms with Gasteiger partial charge in [-0.05, 0) is 45.0 Å². The molecule has 0 saturated heterocycles. The van der Waals surface area contributed by atoms with Gasteiger partial charge in [-0.1, -0.05) is 0 Å². The second kappa shape index (κ2) is 5.82. The first-order chi connectivity index (χ1) is 7.92. The molecule has 0 aliphatic rings. The lowest BCUT2D eigenvalue weighted by atomic mass is 10.2. The van der Waals surface area contributed by atoms with Crippen molar-refractivity contribution >= 4 is 23.6 Å². The van der Waals surface area contributed by atoms with E-state index in [1.165, 1.54) is 19.1 Å². The zero-order valence-corrected chi connectivity index (χ0v) is 11.2. The minimum atomic E-state index is -0.349. The van der Waals surface area contributed by atoms with Crippen molar-refractivity contribution < 1.29 is 9.53 Å². The number of ether oxygens (including phenoxy) is 1. The number of carbonyl (C=O) groups is 1. The Bertz CT molecular complexity index is 408. The van der Waals surface area contributed by atoms with E-state index in [-0.39, 0.29) is 10.7 Å². The summed E-state index contributed by atoms with van der Waals surface area (Å²) < 4.78 is 8.69. The maximum absolute atomic E-state index is 11.2. The summed E-state index contributed by atoms with van der Waals surface area (Å²) in [5.41, 5.74) is 1.23. The molecule has 1 aromatic rings. The molecule has 0 bridgehead atoms. The molecule has 5 heteroatoms. The van der Waals surface area contributed by atoms with Crippen LogP contribution in [-0.4, -0.2) is 17.8 Å². The third kappa shape index (κ3) is 4.99. The molecule has 0 heterocycles. The van der Waals surface area contributed by atoms with Crippen molar-refractivity contribution in [3.05, 3.63) is 29.8 Å². The van der Waals surface area contributed by atoms with Crippen LogP contribution in [0.3, 0.4) is 0 Å². The van der Waals surface area contributed by atoms with Gasteiger partial charge in [0.1, 0.15) is 0 Å². The van der Waals surface area contributed by atoms with Gasteiger partial charge in [-0.25, -0.2) is 4.79 Å². The molecule has 0 radical (unpaired) electrons. The summed E-state index contributed by atoms with van der Waals surface area (Å²) in [5.74, 6) is -0.349. The Hall–Kier alpha value is -1.36. The van der Waals surface area contributed by atoms with Crippen molar-refractivity contribution in [1.29, 1.82) is 0 Å². The molecule has 0 unspecified atom stereocenters. The third-order valence-electron chi connectivity index (χ3n) is 1.76. The van der Waals surface area contributed by atoms with Crippen LogP contribution in [0.4, 0.5) is 5.69 Å². The molecule has 0 saturated carbocycles. The Kier molecular flexibility index (Phi) is 4.69. The smallest absolute Gasteiger partial charge is 0.337 e. The largest absolute Gasteiger partial charge is 0.465 e. The summed E-state index contributed by atoms with van der Waals surface area (Å²) in [5, 5.41) is 4.05. The molecule has 0 spiro atoms. The predicted molar refractivity (Wildman–Crippen MR) is 69.6 cm³/mol. The third-order valence-corrected chi connectivity index (χ3v) is 2.47. The zero-order valence-electron chi connectivity index (χ0n) is 10.4. The van der Waals surface area contributed by atoms with Crippen LogP contribution in [-0.2, 0) is 4.74 Å². The maximum atomic E-state index is 11.2. The highest BCUT2D eigenvalue weighted by Gasteiger charge is 2.09. The summed E-state index contributed by atoms with van der Waals surface area (Å²) >= 11 is 1.41. The Balaban J connectivity index is 2.66. The molecule has 0 aliphatic carbocycles. The van der Waals surface area contributed by atoms with E-state index in [0.717, 1.165) is 5.69 Å². The van der Waals surface area contributed by atoms with Crippen molar-refractivity contribution in [3.63, 3.8) is 0 Å². The summed E-state index contributed by atoms with van der Waals surface area (Å²) in [6.07, 6.45) is 0. The van der Waals surface area contributed by atoms with Crippen molar-refractivity contribution in [1.82, 2.24) is 0 Å². The lowest BCUT2D eigenvalue weighted by Crippen LogP contribution is -2.04. The SMILES string of the molecule is COC(=O)c1ccc(N=NSC(C)(C)C)cc1. The summed E-state index contributed by atoms with van der Waals surface area (Å²) in [4.78, 5) is 11.2. The molecule has 17 heavy (non-hydrogen) atoms. The van der Waals surface area contributed by atoms with E-state index in [9.17, 15) is 4.79 Å². The predicted octanol–water partition coefficient (Wildman–Crippen LogP) is 4.00. The van der Waals surface area contributed by atoms with Crippen molar-refractivity contribution in [2.24, 2.45) is 9.63 Å². The average molecular weight is 252 g/mol. The summed E-state index contributed by atoms with van der Waals surface area (Å²) in [6, 6.07) is 6.81. The van der Waals surface area contributed by atoms with Crippen LogP contribution in [0.1, 0.15) is 31.1 Å².